The molecule has 0 aliphatic carbocycles. The molecule has 0 saturated carbocycles. The predicted octanol–water partition coefficient (Wildman–Crippen LogP) is 14.1. The van der Waals surface area contributed by atoms with Gasteiger partial charge in [0.25, 0.3) is 11.8 Å². The van der Waals surface area contributed by atoms with Gasteiger partial charge in [0.2, 0.25) is 5.82 Å². The molecule has 0 aliphatic rings. The van der Waals surface area contributed by atoms with Gasteiger partial charge in [-0.25, -0.2) is 30.7 Å². The summed E-state index contributed by atoms with van der Waals surface area (Å²) in [4.78, 5) is 12.3. The summed E-state index contributed by atoms with van der Waals surface area (Å²) in [5.41, 5.74) is -1.38. The minimum absolute atomic E-state index is 0.0619. The molecule has 0 bridgehead atoms. The summed E-state index contributed by atoms with van der Waals surface area (Å²) >= 11 is 0. The number of Topliss-reactive ketones (excluding diaryl/α,β-unsaturated/α-hetero) is 1. The lowest BCUT2D eigenvalue weighted by Gasteiger charge is -2.18. The zero-order valence-electron chi connectivity index (χ0n) is 34.5. The smallest absolute Gasteiger partial charge is 0.277 e. The zero-order chi connectivity index (χ0) is 43.5. The zero-order valence-corrected chi connectivity index (χ0v) is 34.5. The van der Waals surface area contributed by atoms with Crippen molar-refractivity contribution in [3.63, 3.8) is 0 Å². The maximum atomic E-state index is 14.9. The number of alkyl halides is 4. The molecule has 4 rings (SSSR count). The SMILES string of the molecule is CCOc1ccc(CC(F)(F)c2ccc(OCCCCCCCCC(=O)CCCCCCCCOc3ccc(C(F)(F)Cc4ccc(C)c(F)c4F)cc3)cc2)c(F)c1F. The Morgan fingerprint density at radius 3 is 1.33 bits per heavy atom. The monoisotopic (exact) mass is 848 g/mol. The number of carbonyl (C=O) groups is 1. The van der Waals surface area contributed by atoms with Crippen LogP contribution in [0, 0.1) is 30.2 Å². The van der Waals surface area contributed by atoms with Gasteiger partial charge in [0, 0.05) is 36.8 Å². The predicted molar refractivity (Wildman–Crippen MR) is 217 cm³/mol. The van der Waals surface area contributed by atoms with Crippen LogP contribution in [-0.2, 0) is 29.5 Å². The lowest BCUT2D eigenvalue weighted by atomic mass is 9.99. The summed E-state index contributed by atoms with van der Waals surface area (Å²) < 4.78 is 132. The molecule has 60 heavy (non-hydrogen) atoms. The fraction of sp³-hybridized carbons (Fsp3) is 0.479. The first-order chi connectivity index (χ1) is 28.7. The number of rotatable bonds is 28. The van der Waals surface area contributed by atoms with E-state index >= 15 is 0 Å². The fourth-order valence-electron chi connectivity index (χ4n) is 6.84. The molecule has 0 atom stereocenters. The number of carbonyl (C=O) groups excluding carboxylic acids is 1. The van der Waals surface area contributed by atoms with Crippen LogP contribution in [0.15, 0.2) is 72.8 Å². The van der Waals surface area contributed by atoms with Gasteiger partial charge < -0.3 is 14.2 Å². The molecule has 0 radical (unpaired) electrons. The van der Waals surface area contributed by atoms with Crippen LogP contribution in [0.4, 0.5) is 35.1 Å². The molecule has 12 heteroatoms. The second-order valence-electron chi connectivity index (χ2n) is 15.2. The van der Waals surface area contributed by atoms with E-state index in [-0.39, 0.29) is 40.4 Å². The minimum atomic E-state index is -3.42. The molecule has 328 valence electrons. The van der Waals surface area contributed by atoms with Crippen molar-refractivity contribution in [2.45, 2.75) is 128 Å². The van der Waals surface area contributed by atoms with E-state index in [0.717, 1.165) is 89.2 Å². The highest BCUT2D eigenvalue weighted by Gasteiger charge is 2.35. The third-order valence-corrected chi connectivity index (χ3v) is 10.4. The van der Waals surface area contributed by atoms with Gasteiger partial charge in [-0.1, -0.05) is 69.6 Å². The summed E-state index contributed by atoms with van der Waals surface area (Å²) in [6.45, 7) is 3.99. The summed E-state index contributed by atoms with van der Waals surface area (Å²) in [5.74, 6) is -10.9. The average Bonchev–Trinajstić information content (AvgIpc) is 3.23. The van der Waals surface area contributed by atoms with Gasteiger partial charge in [-0.05, 0) is 111 Å². The Labute approximate surface area is 348 Å². The Morgan fingerprint density at radius 1 is 0.483 bits per heavy atom. The number of hydrogen-bond acceptors (Lipinski definition) is 4. The highest BCUT2D eigenvalue weighted by atomic mass is 19.3. The van der Waals surface area contributed by atoms with E-state index in [0.29, 0.717) is 37.6 Å². The number of hydrogen-bond donors (Lipinski definition) is 0. The van der Waals surface area contributed by atoms with Crippen molar-refractivity contribution in [1.82, 2.24) is 0 Å². The topological polar surface area (TPSA) is 44.8 Å². The normalized spacial score (nSPS) is 11.8. The van der Waals surface area contributed by atoms with Crippen LogP contribution in [0.5, 0.6) is 17.2 Å². The first kappa shape index (κ1) is 48.1. The fourth-order valence-corrected chi connectivity index (χ4v) is 6.84. The van der Waals surface area contributed by atoms with Crippen molar-refractivity contribution in [2.24, 2.45) is 0 Å². The Bertz CT molecular complexity index is 1920. The van der Waals surface area contributed by atoms with Gasteiger partial charge in [0.15, 0.2) is 23.2 Å². The second kappa shape index (κ2) is 24.0. The molecule has 0 saturated heterocycles. The number of unbranched alkanes of at least 4 members (excludes halogenated alkanes) is 10. The highest BCUT2D eigenvalue weighted by molar-refractivity contribution is 5.78. The summed E-state index contributed by atoms with van der Waals surface area (Å²) in [6.07, 6.45) is 10.5. The van der Waals surface area contributed by atoms with Crippen molar-refractivity contribution in [2.75, 3.05) is 19.8 Å². The first-order valence-corrected chi connectivity index (χ1v) is 21.0. The van der Waals surface area contributed by atoms with Crippen molar-refractivity contribution in [3.05, 3.63) is 124 Å². The molecule has 0 N–H and O–H groups in total. The molecule has 4 aromatic rings. The lowest BCUT2D eigenvalue weighted by Crippen LogP contribution is -2.18. The van der Waals surface area contributed by atoms with Gasteiger partial charge >= 0.3 is 0 Å². The van der Waals surface area contributed by atoms with Gasteiger partial charge in [0.1, 0.15) is 17.3 Å². The third-order valence-electron chi connectivity index (χ3n) is 10.4. The van der Waals surface area contributed by atoms with Crippen LogP contribution in [0.25, 0.3) is 0 Å². The summed E-state index contributed by atoms with van der Waals surface area (Å²) in [7, 11) is 0. The van der Waals surface area contributed by atoms with Crippen molar-refractivity contribution in [1.29, 1.82) is 0 Å². The van der Waals surface area contributed by atoms with Gasteiger partial charge in [0.05, 0.1) is 19.8 Å². The molecule has 0 fully saturated rings. The maximum absolute atomic E-state index is 14.9. The van der Waals surface area contributed by atoms with Crippen molar-refractivity contribution >= 4 is 5.78 Å². The molecule has 4 aromatic carbocycles. The number of ketones is 1. The molecule has 0 heterocycles. The van der Waals surface area contributed by atoms with Crippen LogP contribution in [0.1, 0.15) is 125 Å². The maximum Gasteiger partial charge on any atom is 0.277 e. The number of halogens is 8. The van der Waals surface area contributed by atoms with E-state index in [4.69, 9.17) is 14.2 Å². The van der Waals surface area contributed by atoms with E-state index in [1.807, 2.05) is 0 Å². The molecular weight excluding hydrogens is 793 g/mol. The Kier molecular flexibility index (Phi) is 19.2. The van der Waals surface area contributed by atoms with Crippen molar-refractivity contribution < 1.29 is 54.1 Å². The van der Waals surface area contributed by atoms with Crippen LogP contribution in [-0.4, -0.2) is 25.6 Å². The quantitative estimate of drug-likeness (QED) is 0.0422. The van der Waals surface area contributed by atoms with Crippen LogP contribution in [0.3, 0.4) is 0 Å². The summed E-state index contributed by atoms with van der Waals surface area (Å²) in [6, 6.07) is 15.5. The van der Waals surface area contributed by atoms with E-state index in [9.17, 15) is 39.9 Å². The standard InChI is InChI=1S/C48H56F8O4/c1-3-58-42-29-20-36(45(51)46(42)52)33-48(55,56)38-23-27-41(28-24-38)60-31-15-11-7-5-9-13-17-39(57)16-12-8-4-6-10-14-30-59-40-25-21-37(22-26-40)47(53,54)32-35-19-18-34(2)43(49)44(35)50/h18-29H,3-17,30-33H2,1-2H3. The van der Waals surface area contributed by atoms with E-state index < -0.39 is 53.5 Å². The highest BCUT2D eigenvalue weighted by Crippen LogP contribution is 2.36. The number of aryl methyl sites for hydroxylation is 1. The van der Waals surface area contributed by atoms with Gasteiger partial charge in [-0.2, -0.15) is 4.39 Å². The molecule has 0 aliphatic heterocycles. The Hall–Kier alpha value is -4.61. The number of ether oxygens (including phenoxy) is 3. The third kappa shape index (κ3) is 15.1. The first-order valence-electron chi connectivity index (χ1n) is 21.0. The Morgan fingerprint density at radius 2 is 0.883 bits per heavy atom. The molecular formula is C48H56F8O4. The minimum Gasteiger partial charge on any atom is -0.494 e. The summed E-state index contributed by atoms with van der Waals surface area (Å²) in [5, 5.41) is 0. The van der Waals surface area contributed by atoms with Crippen LogP contribution in [0.2, 0.25) is 0 Å². The average molecular weight is 849 g/mol. The van der Waals surface area contributed by atoms with Crippen LogP contribution >= 0.6 is 0 Å². The molecule has 0 spiro atoms. The molecule has 0 aromatic heterocycles. The number of benzene rings is 4. The lowest BCUT2D eigenvalue weighted by molar-refractivity contribution is -0.119. The van der Waals surface area contributed by atoms with E-state index in [2.05, 4.69) is 0 Å². The second-order valence-corrected chi connectivity index (χ2v) is 15.2. The van der Waals surface area contributed by atoms with E-state index in [1.54, 1.807) is 6.92 Å². The molecule has 4 nitrogen and oxygen atoms in total. The van der Waals surface area contributed by atoms with Gasteiger partial charge in [-0.3, -0.25) is 4.79 Å². The largest absolute Gasteiger partial charge is 0.494 e. The molecule has 0 amide bonds. The Balaban J connectivity index is 0.957. The van der Waals surface area contributed by atoms with E-state index in [1.165, 1.54) is 67.6 Å². The molecule has 0 unspecified atom stereocenters. The van der Waals surface area contributed by atoms with Gasteiger partial charge in [-0.15, -0.1) is 0 Å². The van der Waals surface area contributed by atoms with Crippen LogP contribution < -0.4 is 14.2 Å². The van der Waals surface area contributed by atoms with Crippen molar-refractivity contribution in [3.8, 4) is 17.2 Å².